The van der Waals surface area contributed by atoms with Gasteiger partial charge in [-0.2, -0.15) is 0 Å². The predicted molar refractivity (Wildman–Crippen MR) is 50.5 cm³/mol. The Labute approximate surface area is 75.9 Å². The Balaban J connectivity index is 2.58. The highest BCUT2D eigenvalue weighted by atomic mass is 35.5. The Morgan fingerprint density at radius 3 is 3.09 bits per heavy atom. The van der Waals surface area contributed by atoms with Gasteiger partial charge in [-0.15, -0.1) is 23.4 Å². The Kier molecular flexibility index (Phi) is 1.86. The van der Waals surface area contributed by atoms with E-state index < -0.39 is 0 Å². The zero-order valence-electron chi connectivity index (χ0n) is 6.30. The van der Waals surface area contributed by atoms with Crippen molar-refractivity contribution in [3.05, 3.63) is 29.3 Å². The van der Waals surface area contributed by atoms with Gasteiger partial charge in [0.2, 0.25) is 0 Å². The maximum absolute atomic E-state index is 6.13. The van der Waals surface area contributed by atoms with Gasteiger partial charge in [0, 0.05) is 10.6 Å². The van der Waals surface area contributed by atoms with E-state index in [0.717, 1.165) is 5.75 Å². The van der Waals surface area contributed by atoms with Crippen molar-refractivity contribution in [2.24, 2.45) is 0 Å². The van der Waals surface area contributed by atoms with Crippen LogP contribution in [-0.4, -0.2) is 5.75 Å². The normalized spacial score (nSPS) is 21.8. The van der Waals surface area contributed by atoms with Crippen LogP contribution in [0.5, 0.6) is 0 Å². The van der Waals surface area contributed by atoms with Gasteiger partial charge in [-0.1, -0.05) is 12.1 Å². The molecule has 1 heterocycles. The first-order chi connectivity index (χ1) is 5.29. The number of rotatable bonds is 0. The summed E-state index contributed by atoms with van der Waals surface area (Å²) in [5.74, 6) is 1.03. The fraction of sp³-hybridized carbons (Fsp3) is 0.333. The van der Waals surface area contributed by atoms with Crippen LogP contribution in [0.3, 0.4) is 0 Å². The minimum Gasteiger partial charge on any atom is -0.124 e. The van der Waals surface area contributed by atoms with Crippen molar-refractivity contribution in [2.45, 2.75) is 17.2 Å². The molecule has 0 nitrogen and oxygen atoms in total. The maximum Gasteiger partial charge on any atom is 0.0692 e. The molecular weight excluding hydrogens is 176 g/mol. The second-order valence-corrected chi connectivity index (χ2v) is 4.35. The van der Waals surface area contributed by atoms with Crippen LogP contribution >= 0.6 is 23.4 Å². The van der Waals surface area contributed by atoms with E-state index in [1.54, 1.807) is 0 Å². The van der Waals surface area contributed by atoms with Crippen LogP contribution in [0, 0.1) is 6.92 Å². The maximum atomic E-state index is 6.13. The highest BCUT2D eigenvalue weighted by Crippen LogP contribution is 2.43. The third-order valence-corrected chi connectivity index (χ3v) is 3.71. The summed E-state index contributed by atoms with van der Waals surface area (Å²) in [7, 11) is 0. The molecule has 0 aliphatic carbocycles. The predicted octanol–water partition coefficient (Wildman–Crippen LogP) is 3.38. The van der Waals surface area contributed by atoms with Crippen molar-refractivity contribution in [3.63, 3.8) is 0 Å². The number of halogens is 1. The average molecular weight is 185 g/mol. The number of alkyl halides is 1. The lowest BCUT2D eigenvalue weighted by molar-refractivity contribution is 1.07. The molecule has 1 aliphatic rings. The van der Waals surface area contributed by atoms with Crippen LogP contribution in [0.25, 0.3) is 0 Å². The summed E-state index contributed by atoms with van der Waals surface area (Å²) in [4.78, 5) is 1.37. The number of aryl methyl sites for hydroxylation is 1. The molecule has 11 heavy (non-hydrogen) atoms. The van der Waals surface area contributed by atoms with E-state index in [9.17, 15) is 0 Å². The lowest BCUT2D eigenvalue weighted by Gasteiger charge is -2.04. The molecule has 1 aliphatic heterocycles. The van der Waals surface area contributed by atoms with Gasteiger partial charge in [0.25, 0.3) is 0 Å². The van der Waals surface area contributed by atoms with Gasteiger partial charge in [-0.3, -0.25) is 0 Å². The van der Waals surface area contributed by atoms with Gasteiger partial charge in [-0.25, -0.2) is 0 Å². The molecule has 0 saturated heterocycles. The molecule has 0 aromatic heterocycles. The van der Waals surface area contributed by atoms with Gasteiger partial charge >= 0.3 is 0 Å². The SMILES string of the molecule is Cc1cccc2c1C(Cl)CS2. The molecule has 1 unspecified atom stereocenters. The van der Waals surface area contributed by atoms with E-state index in [-0.39, 0.29) is 5.38 Å². The number of hydrogen-bond donors (Lipinski definition) is 0. The Hall–Kier alpha value is -0.140. The van der Waals surface area contributed by atoms with Crippen LogP contribution in [-0.2, 0) is 0 Å². The lowest BCUT2D eigenvalue weighted by atomic mass is 10.1. The standard InChI is InChI=1S/C9H9ClS/c1-6-3-2-4-8-9(6)7(10)5-11-8/h2-4,7H,5H2,1H3. The first kappa shape index (κ1) is 7.51. The van der Waals surface area contributed by atoms with Crippen LogP contribution in [0.1, 0.15) is 16.5 Å². The second-order valence-electron chi connectivity index (χ2n) is 2.77. The topological polar surface area (TPSA) is 0 Å². The average Bonchev–Trinajstić information content (AvgIpc) is 2.34. The molecule has 0 N–H and O–H groups in total. The molecule has 0 bridgehead atoms. The van der Waals surface area contributed by atoms with Gasteiger partial charge in [-0.05, 0) is 24.1 Å². The molecule has 1 aromatic rings. The molecule has 1 aromatic carbocycles. The number of benzene rings is 1. The number of thioether (sulfide) groups is 1. The summed E-state index contributed by atoms with van der Waals surface area (Å²) in [6, 6.07) is 6.37. The smallest absolute Gasteiger partial charge is 0.0692 e. The Bertz CT molecular complexity index is 283. The van der Waals surface area contributed by atoms with Crippen LogP contribution in [0.2, 0.25) is 0 Å². The van der Waals surface area contributed by atoms with Crippen molar-refractivity contribution in [1.82, 2.24) is 0 Å². The molecule has 1 atom stereocenters. The highest BCUT2D eigenvalue weighted by Gasteiger charge is 2.21. The van der Waals surface area contributed by atoms with E-state index in [4.69, 9.17) is 11.6 Å². The summed E-state index contributed by atoms with van der Waals surface area (Å²) >= 11 is 7.99. The van der Waals surface area contributed by atoms with Gasteiger partial charge < -0.3 is 0 Å². The molecule has 58 valence electrons. The minimum absolute atomic E-state index is 0.233. The zero-order chi connectivity index (χ0) is 7.84. The van der Waals surface area contributed by atoms with Crippen LogP contribution in [0.4, 0.5) is 0 Å². The summed E-state index contributed by atoms with van der Waals surface area (Å²) in [6.45, 7) is 2.13. The number of hydrogen-bond acceptors (Lipinski definition) is 1. The van der Waals surface area contributed by atoms with Gasteiger partial charge in [0.1, 0.15) is 0 Å². The minimum atomic E-state index is 0.233. The molecule has 0 spiro atoms. The fourth-order valence-electron chi connectivity index (χ4n) is 1.43. The van der Waals surface area contributed by atoms with E-state index in [1.165, 1.54) is 16.0 Å². The lowest BCUT2D eigenvalue weighted by Crippen LogP contribution is -1.89. The first-order valence-corrected chi connectivity index (χ1v) is 5.07. The third-order valence-electron chi connectivity index (χ3n) is 1.98. The second kappa shape index (κ2) is 2.72. The molecule has 2 heteroatoms. The first-order valence-electron chi connectivity index (χ1n) is 3.65. The van der Waals surface area contributed by atoms with Crippen molar-refractivity contribution in [2.75, 3.05) is 5.75 Å². The number of fused-ring (bicyclic) bond motifs is 1. The monoisotopic (exact) mass is 184 g/mol. The summed E-state index contributed by atoms with van der Waals surface area (Å²) in [6.07, 6.45) is 0. The fourth-order valence-corrected chi connectivity index (χ4v) is 3.10. The van der Waals surface area contributed by atoms with E-state index in [0.29, 0.717) is 0 Å². The quantitative estimate of drug-likeness (QED) is 0.557. The van der Waals surface area contributed by atoms with Gasteiger partial charge in [0.05, 0.1) is 5.38 Å². The van der Waals surface area contributed by atoms with Crippen molar-refractivity contribution >= 4 is 23.4 Å². The third kappa shape index (κ3) is 1.17. The highest BCUT2D eigenvalue weighted by molar-refractivity contribution is 7.99. The van der Waals surface area contributed by atoms with E-state index in [1.807, 2.05) is 11.8 Å². The summed E-state index contributed by atoms with van der Waals surface area (Å²) in [5, 5.41) is 0.233. The summed E-state index contributed by atoms with van der Waals surface area (Å²) in [5.41, 5.74) is 2.67. The van der Waals surface area contributed by atoms with E-state index >= 15 is 0 Å². The molecule has 0 fully saturated rings. The van der Waals surface area contributed by atoms with Crippen LogP contribution in [0.15, 0.2) is 23.1 Å². The zero-order valence-corrected chi connectivity index (χ0v) is 7.88. The van der Waals surface area contributed by atoms with Gasteiger partial charge in [0.15, 0.2) is 0 Å². The van der Waals surface area contributed by atoms with Crippen molar-refractivity contribution in [1.29, 1.82) is 0 Å². The Morgan fingerprint density at radius 1 is 1.55 bits per heavy atom. The Morgan fingerprint density at radius 2 is 2.36 bits per heavy atom. The van der Waals surface area contributed by atoms with Crippen molar-refractivity contribution < 1.29 is 0 Å². The van der Waals surface area contributed by atoms with Crippen molar-refractivity contribution in [3.8, 4) is 0 Å². The molecular formula is C9H9ClS. The molecule has 2 rings (SSSR count). The van der Waals surface area contributed by atoms with Crippen LogP contribution < -0.4 is 0 Å². The summed E-state index contributed by atoms with van der Waals surface area (Å²) < 4.78 is 0. The molecule has 0 radical (unpaired) electrons. The van der Waals surface area contributed by atoms with E-state index in [2.05, 4.69) is 25.1 Å². The molecule has 0 saturated carbocycles. The molecule has 0 amide bonds. The largest absolute Gasteiger partial charge is 0.124 e.